The lowest BCUT2D eigenvalue weighted by atomic mass is 10.0. The molecule has 0 aromatic heterocycles. The Kier molecular flexibility index (Phi) is 7.53. The zero-order chi connectivity index (χ0) is 20.6. The number of hydrogen-bond acceptors (Lipinski definition) is 3. The van der Waals surface area contributed by atoms with Gasteiger partial charge in [0.2, 0.25) is 5.91 Å². The number of likely N-dealkylation sites (tertiary alicyclic amines) is 1. The molecule has 0 spiro atoms. The van der Waals surface area contributed by atoms with E-state index < -0.39 is 0 Å². The van der Waals surface area contributed by atoms with Crippen molar-refractivity contribution in [2.75, 3.05) is 19.7 Å². The fourth-order valence-electron chi connectivity index (χ4n) is 3.39. The number of amides is 2. The highest BCUT2D eigenvalue weighted by Crippen LogP contribution is 2.17. The molecule has 1 aliphatic heterocycles. The summed E-state index contributed by atoms with van der Waals surface area (Å²) in [5.74, 6) is 0.820. The van der Waals surface area contributed by atoms with Gasteiger partial charge in [0.05, 0.1) is 17.2 Å². The Morgan fingerprint density at radius 2 is 1.79 bits per heavy atom. The third-order valence-corrected chi connectivity index (χ3v) is 5.46. The number of ether oxygens (including phenoxy) is 1. The van der Waals surface area contributed by atoms with Gasteiger partial charge in [0.1, 0.15) is 5.75 Å². The molecule has 0 unspecified atom stereocenters. The average Bonchev–Trinajstić information content (AvgIpc) is 2.73. The lowest BCUT2D eigenvalue weighted by Crippen LogP contribution is -2.46. The van der Waals surface area contributed by atoms with Crippen LogP contribution in [0, 0.1) is 6.92 Å². The molecular formula is C23H27ClN2O3. The van der Waals surface area contributed by atoms with Crippen LogP contribution in [0.1, 0.15) is 41.6 Å². The number of carbonyl (C=O) groups excluding carboxylic acids is 2. The van der Waals surface area contributed by atoms with Gasteiger partial charge in [-0.3, -0.25) is 9.59 Å². The molecule has 1 heterocycles. The summed E-state index contributed by atoms with van der Waals surface area (Å²) in [5, 5.41) is 3.48. The first-order chi connectivity index (χ1) is 14.0. The summed E-state index contributed by atoms with van der Waals surface area (Å²) < 4.78 is 5.68. The average molecular weight is 415 g/mol. The summed E-state index contributed by atoms with van der Waals surface area (Å²) in [5.41, 5.74) is 1.68. The van der Waals surface area contributed by atoms with E-state index in [0.29, 0.717) is 43.1 Å². The molecule has 2 aromatic rings. The number of rotatable bonds is 7. The van der Waals surface area contributed by atoms with E-state index in [-0.39, 0.29) is 17.9 Å². The van der Waals surface area contributed by atoms with E-state index in [1.165, 1.54) is 5.56 Å². The molecule has 0 radical (unpaired) electrons. The summed E-state index contributed by atoms with van der Waals surface area (Å²) in [6, 6.07) is 15.0. The minimum atomic E-state index is -0.159. The van der Waals surface area contributed by atoms with Crippen LogP contribution in [0.3, 0.4) is 0 Å². The van der Waals surface area contributed by atoms with Gasteiger partial charge in [-0.2, -0.15) is 0 Å². The standard InChI is InChI=1S/C23H27ClN2O3/c1-17-8-10-19(11-9-17)29-16-4-7-22(27)26-14-12-18(13-15-26)25-23(28)20-5-2-3-6-21(20)24/h2-3,5-6,8-11,18H,4,7,12-16H2,1H3,(H,25,28). The fraction of sp³-hybridized carbons (Fsp3) is 0.391. The van der Waals surface area contributed by atoms with E-state index in [1.54, 1.807) is 24.3 Å². The van der Waals surface area contributed by atoms with Crippen molar-refractivity contribution in [2.45, 2.75) is 38.6 Å². The first kappa shape index (κ1) is 21.2. The molecule has 1 saturated heterocycles. The number of aryl methyl sites for hydroxylation is 1. The highest BCUT2D eigenvalue weighted by Gasteiger charge is 2.24. The molecule has 3 rings (SSSR count). The zero-order valence-electron chi connectivity index (χ0n) is 16.7. The minimum absolute atomic E-state index is 0.0627. The maximum Gasteiger partial charge on any atom is 0.253 e. The third kappa shape index (κ3) is 6.23. The van der Waals surface area contributed by atoms with Crippen molar-refractivity contribution in [3.63, 3.8) is 0 Å². The normalized spacial score (nSPS) is 14.5. The van der Waals surface area contributed by atoms with E-state index in [4.69, 9.17) is 16.3 Å². The Hall–Kier alpha value is -2.53. The monoisotopic (exact) mass is 414 g/mol. The lowest BCUT2D eigenvalue weighted by molar-refractivity contribution is -0.132. The predicted molar refractivity (Wildman–Crippen MR) is 114 cm³/mol. The Balaban J connectivity index is 1.35. The number of hydrogen-bond donors (Lipinski definition) is 1. The number of halogens is 1. The SMILES string of the molecule is Cc1ccc(OCCCC(=O)N2CCC(NC(=O)c3ccccc3Cl)CC2)cc1. The Morgan fingerprint density at radius 1 is 1.10 bits per heavy atom. The van der Waals surface area contributed by atoms with Gasteiger partial charge >= 0.3 is 0 Å². The van der Waals surface area contributed by atoms with Crippen molar-refractivity contribution in [3.8, 4) is 5.75 Å². The second-order valence-corrected chi connectivity index (χ2v) is 7.78. The topological polar surface area (TPSA) is 58.6 Å². The molecule has 2 aromatic carbocycles. The third-order valence-electron chi connectivity index (χ3n) is 5.13. The molecule has 154 valence electrons. The summed E-state index contributed by atoms with van der Waals surface area (Å²) in [4.78, 5) is 26.7. The van der Waals surface area contributed by atoms with Crippen LogP contribution in [-0.2, 0) is 4.79 Å². The van der Waals surface area contributed by atoms with Crippen molar-refractivity contribution in [3.05, 3.63) is 64.7 Å². The minimum Gasteiger partial charge on any atom is -0.494 e. The molecular weight excluding hydrogens is 388 g/mol. The van der Waals surface area contributed by atoms with Crippen molar-refractivity contribution in [2.24, 2.45) is 0 Å². The lowest BCUT2D eigenvalue weighted by Gasteiger charge is -2.32. The van der Waals surface area contributed by atoms with Crippen molar-refractivity contribution in [1.82, 2.24) is 10.2 Å². The highest BCUT2D eigenvalue weighted by atomic mass is 35.5. The molecule has 5 nitrogen and oxygen atoms in total. The van der Waals surface area contributed by atoms with Crippen molar-refractivity contribution in [1.29, 1.82) is 0 Å². The van der Waals surface area contributed by atoms with Gasteiger partial charge in [0.25, 0.3) is 5.91 Å². The van der Waals surface area contributed by atoms with E-state index in [1.807, 2.05) is 36.1 Å². The molecule has 1 aliphatic rings. The number of piperidine rings is 1. The molecule has 2 amide bonds. The van der Waals surface area contributed by atoms with E-state index in [9.17, 15) is 9.59 Å². The Labute approximate surface area is 177 Å². The number of benzene rings is 2. The van der Waals surface area contributed by atoms with Crippen LogP contribution >= 0.6 is 11.6 Å². The fourth-order valence-corrected chi connectivity index (χ4v) is 3.61. The maximum atomic E-state index is 12.4. The van der Waals surface area contributed by atoms with Gasteiger partial charge in [-0.05, 0) is 50.5 Å². The predicted octanol–water partition coefficient (Wildman–Crippen LogP) is 4.23. The van der Waals surface area contributed by atoms with Gasteiger partial charge in [0.15, 0.2) is 0 Å². The van der Waals surface area contributed by atoms with Crippen LogP contribution in [0.2, 0.25) is 5.02 Å². The first-order valence-electron chi connectivity index (χ1n) is 10.1. The smallest absolute Gasteiger partial charge is 0.253 e. The van der Waals surface area contributed by atoms with Gasteiger partial charge in [-0.15, -0.1) is 0 Å². The summed E-state index contributed by atoms with van der Waals surface area (Å²) >= 11 is 6.08. The van der Waals surface area contributed by atoms with Crippen LogP contribution in [0.15, 0.2) is 48.5 Å². The van der Waals surface area contributed by atoms with Gasteiger partial charge in [-0.1, -0.05) is 41.4 Å². The summed E-state index contributed by atoms with van der Waals surface area (Å²) in [6.45, 7) is 3.88. The Bertz CT molecular complexity index is 830. The number of nitrogens with one attached hydrogen (secondary N) is 1. The summed E-state index contributed by atoms with van der Waals surface area (Å²) in [7, 11) is 0. The van der Waals surface area contributed by atoms with Gasteiger partial charge in [0, 0.05) is 25.6 Å². The number of carbonyl (C=O) groups is 2. The Morgan fingerprint density at radius 3 is 2.48 bits per heavy atom. The molecule has 29 heavy (non-hydrogen) atoms. The molecule has 0 aliphatic carbocycles. The second kappa shape index (κ2) is 10.3. The van der Waals surface area contributed by atoms with E-state index >= 15 is 0 Å². The van der Waals surface area contributed by atoms with E-state index in [0.717, 1.165) is 18.6 Å². The number of nitrogens with zero attached hydrogens (tertiary/aromatic N) is 1. The van der Waals surface area contributed by atoms with Gasteiger partial charge < -0.3 is 15.0 Å². The van der Waals surface area contributed by atoms with Crippen LogP contribution in [0.4, 0.5) is 0 Å². The molecule has 0 atom stereocenters. The second-order valence-electron chi connectivity index (χ2n) is 7.37. The first-order valence-corrected chi connectivity index (χ1v) is 10.4. The molecule has 0 saturated carbocycles. The van der Waals surface area contributed by atoms with Crippen molar-refractivity contribution < 1.29 is 14.3 Å². The molecule has 1 N–H and O–H groups in total. The van der Waals surface area contributed by atoms with Crippen LogP contribution in [0.5, 0.6) is 5.75 Å². The quantitative estimate of drug-likeness (QED) is 0.690. The van der Waals surface area contributed by atoms with Crippen LogP contribution in [-0.4, -0.2) is 42.5 Å². The van der Waals surface area contributed by atoms with E-state index in [2.05, 4.69) is 5.32 Å². The van der Waals surface area contributed by atoms with Crippen LogP contribution < -0.4 is 10.1 Å². The molecule has 1 fully saturated rings. The molecule has 6 heteroatoms. The molecule has 0 bridgehead atoms. The van der Waals surface area contributed by atoms with Gasteiger partial charge in [-0.25, -0.2) is 0 Å². The highest BCUT2D eigenvalue weighted by molar-refractivity contribution is 6.33. The summed E-state index contributed by atoms with van der Waals surface area (Å²) in [6.07, 6.45) is 2.67. The zero-order valence-corrected chi connectivity index (χ0v) is 17.5. The van der Waals surface area contributed by atoms with Crippen LogP contribution in [0.25, 0.3) is 0 Å². The largest absolute Gasteiger partial charge is 0.494 e. The maximum absolute atomic E-state index is 12.4. The van der Waals surface area contributed by atoms with Crippen molar-refractivity contribution >= 4 is 23.4 Å².